The quantitative estimate of drug-likeness (QED) is 0.819. The van der Waals surface area contributed by atoms with Crippen LogP contribution in [0.15, 0.2) is 24.3 Å². The lowest BCUT2D eigenvalue weighted by atomic mass is 10.1. The molecule has 0 unspecified atom stereocenters. The van der Waals surface area contributed by atoms with Gasteiger partial charge in [-0.25, -0.2) is 9.69 Å². The zero-order valence-electron chi connectivity index (χ0n) is 10.5. The molecule has 3 rings (SSSR count). The predicted octanol–water partition coefficient (Wildman–Crippen LogP) is 1.15. The van der Waals surface area contributed by atoms with E-state index in [0.717, 1.165) is 17.7 Å². The molecule has 0 N–H and O–H groups in total. The first-order valence-corrected chi connectivity index (χ1v) is 6.39. The number of imide groups is 1. The molecule has 1 heterocycles. The van der Waals surface area contributed by atoms with Crippen molar-refractivity contribution in [2.24, 2.45) is 0 Å². The van der Waals surface area contributed by atoms with Crippen LogP contribution in [0.1, 0.15) is 11.1 Å². The third kappa shape index (κ3) is 2.46. The molecule has 1 aromatic rings. The van der Waals surface area contributed by atoms with Gasteiger partial charge in [0.15, 0.2) is 0 Å². The number of hydrogen-bond acceptors (Lipinski definition) is 4. The molecule has 0 aromatic heterocycles. The molecular weight excluding hydrogens is 246 g/mol. The van der Waals surface area contributed by atoms with Crippen LogP contribution >= 0.6 is 0 Å². The lowest BCUT2D eigenvalue weighted by molar-refractivity contribution is -0.134. The first-order chi connectivity index (χ1) is 9.24. The summed E-state index contributed by atoms with van der Waals surface area (Å²) in [6.45, 7) is 0.541. The predicted molar refractivity (Wildman–Crippen MR) is 66.7 cm³/mol. The molecule has 1 aromatic carbocycles. The van der Waals surface area contributed by atoms with E-state index >= 15 is 0 Å². The maximum Gasteiger partial charge on any atom is 0.416 e. The van der Waals surface area contributed by atoms with Crippen LogP contribution in [-0.2, 0) is 27.1 Å². The fraction of sp³-hybridized carbons (Fsp3) is 0.429. The first-order valence-electron chi connectivity index (χ1n) is 6.39. The molecule has 19 heavy (non-hydrogen) atoms. The Morgan fingerprint density at radius 3 is 2.58 bits per heavy atom. The van der Waals surface area contributed by atoms with Crippen molar-refractivity contribution < 1.29 is 19.1 Å². The molecule has 1 fully saturated rings. The van der Waals surface area contributed by atoms with Gasteiger partial charge in [-0.15, -0.1) is 0 Å². The van der Waals surface area contributed by atoms with E-state index in [9.17, 15) is 9.59 Å². The van der Waals surface area contributed by atoms with E-state index in [-0.39, 0.29) is 25.2 Å². The number of carbonyl (C=O) groups excluding carboxylic acids is 2. The lowest BCUT2D eigenvalue weighted by Gasteiger charge is -2.14. The van der Waals surface area contributed by atoms with Gasteiger partial charge in [0.25, 0.3) is 5.91 Å². The Morgan fingerprint density at radius 1 is 1.32 bits per heavy atom. The minimum Gasteiger partial charge on any atom is -0.447 e. The molecular formula is C14H15NO4. The Morgan fingerprint density at radius 2 is 2.00 bits per heavy atom. The minimum atomic E-state index is -0.566. The average Bonchev–Trinajstić information content (AvgIpc) is 3.01. The van der Waals surface area contributed by atoms with Crippen molar-refractivity contribution in [1.29, 1.82) is 0 Å². The zero-order chi connectivity index (χ0) is 13.2. The Hall–Kier alpha value is -1.88. The van der Waals surface area contributed by atoms with Gasteiger partial charge in [0.2, 0.25) is 0 Å². The standard InChI is InChI=1S/C14H15NO4/c16-13(15-5-6-18-14(15)17)9-19-12-7-10-3-1-2-4-11(10)8-12/h1-4,12H,5-9H2. The first kappa shape index (κ1) is 12.2. The highest BCUT2D eigenvalue weighted by atomic mass is 16.6. The summed E-state index contributed by atoms with van der Waals surface area (Å²) in [5.74, 6) is -0.321. The molecule has 0 saturated carbocycles. The smallest absolute Gasteiger partial charge is 0.416 e. The number of nitrogens with zero attached hydrogens (tertiary/aromatic N) is 1. The summed E-state index contributed by atoms with van der Waals surface area (Å²) in [5.41, 5.74) is 2.56. The summed E-state index contributed by atoms with van der Waals surface area (Å²) in [6.07, 6.45) is 1.12. The van der Waals surface area contributed by atoms with Gasteiger partial charge in [-0.1, -0.05) is 24.3 Å². The highest BCUT2D eigenvalue weighted by Gasteiger charge is 2.29. The van der Waals surface area contributed by atoms with Gasteiger partial charge in [-0.2, -0.15) is 0 Å². The molecule has 0 bridgehead atoms. The summed E-state index contributed by atoms with van der Waals surface area (Å²) in [6, 6.07) is 8.18. The molecule has 1 saturated heterocycles. The van der Waals surface area contributed by atoms with Gasteiger partial charge >= 0.3 is 6.09 Å². The van der Waals surface area contributed by atoms with Crippen molar-refractivity contribution in [3.05, 3.63) is 35.4 Å². The number of carbonyl (C=O) groups is 2. The topological polar surface area (TPSA) is 55.8 Å². The number of rotatable bonds is 3. The number of ether oxygens (including phenoxy) is 2. The summed E-state index contributed by atoms with van der Waals surface area (Å²) in [7, 11) is 0. The minimum absolute atomic E-state index is 0.0278. The Balaban J connectivity index is 1.52. The van der Waals surface area contributed by atoms with E-state index in [1.165, 1.54) is 11.1 Å². The number of benzene rings is 1. The highest BCUT2D eigenvalue weighted by molar-refractivity contribution is 5.93. The van der Waals surface area contributed by atoms with E-state index < -0.39 is 6.09 Å². The van der Waals surface area contributed by atoms with Crippen molar-refractivity contribution in [2.45, 2.75) is 18.9 Å². The van der Waals surface area contributed by atoms with Gasteiger partial charge in [-0.05, 0) is 24.0 Å². The molecule has 100 valence electrons. The summed E-state index contributed by atoms with van der Waals surface area (Å²) in [5, 5.41) is 0. The van der Waals surface area contributed by atoms with E-state index in [2.05, 4.69) is 12.1 Å². The van der Waals surface area contributed by atoms with E-state index in [0.29, 0.717) is 6.54 Å². The average molecular weight is 261 g/mol. The van der Waals surface area contributed by atoms with E-state index in [1.807, 2.05) is 12.1 Å². The van der Waals surface area contributed by atoms with Crippen LogP contribution in [0.5, 0.6) is 0 Å². The second kappa shape index (κ2) is 5.01. The number of amides is 2. The van der Waals surface area contributed by atoms with Gasteiger partial charge in [0.1, 0.15) is 13.2 Å². The van der Waals surface area contributed by atoms with Crippen LogP contribution in [0.25, 0.3) is 0 Å². The lowest BCUT2D eigenvalue weighted by Crippen LogP contribution is -2.35. The molecule has 1 aliphatic carbocycles. The van der Waals surface area contributed by atoms with Crippen LogP contribution in [0.2, 0.25) is 0 Å². The Bertz CT molecular complexity index is 489. The normalized spacial score (nSPS) is 18.5. The maximum absolute atomic E-state index is 11.8. The van der Waals surface area contributed by atoms with Crippen LogP contribution in [0, 0.1) is 0 Å². The molecule has 0 atom stereocenters. The molecule has 0 radical (unpaired) electrons. The van der Waals surface area contributed by atoms with Crippen LogP contribution in [0.4, 0.5) is 4.79 Å². The Kier molecular flexibility index (Phi) is 3.21. The molecule has 1 aliphatic heterocycles. The second-order valence-corrected chi connectivity index (χ2v) is 4.77. The third-order valence-electron chi connectivity index (χ3n) is 3.52. The second-order valence-electron chi connectivity index (χ2n) is 4.77. The van der Waals surface area contributed by atoms with E-state index in [4.69, 9.17) is 9.47 Å². The molecule has 2 aliphatic rings. The summed E-state index contributed by atoms with van der Waals surface area (Å²) < 4.78 is 10.3. The van der Waals surface area contributed by atoms with Gasteiger partial charge in [0.05, 0.1) is 12.6 Å². The molecule has 5 nitrogen and oxygen atoms in total. The monoisotopic (exact) mass is 261 g/mol. The fourth-order valence-corrected chi connectivity index (χ4v) is 2.52. The number of hydrogen-bond donors (Lipinski definition) is 0. The summed E-state index contributed by atoms with van der Waals surface area (Å²) >= 11 is 0. The Labute approximate surface area is 111 Å². The molecule has 5 heteroatoms. The number of cyclic esters (lactones) is 1. The molecule has 0 spiro atoms. The van der Waals surface area contributed by atoms with Crippen molar-refractivity contribution in [1.82, 2.24) is 4.90 Å². The molecule has 2 amide bonds. The zero-order valence-corrected chi connectivity index (χ0v) is 10.5. The van der Waals surface area contributed by atoms with Gasteiger partial charge < -0.3 is 9.47 Å². The maximum atomic E-state index is 11.8. The van der Waals surface area contributed by atoms with Gasteiger partial charge in [0, 0.05) is 0 Å². The third-order valence-corrected chi connectivity index (χ3v) is 3.52. The fourth-order valence-electron chi connectivity index (χ4n) is 2.52. The van der Waals surface area contributed by atoms with Gasteiger partial charge in [-0.3, -0.25) is 4.79 Å². The van der Waals surface area contributed by atoms with E-state index in [1.54, 1.807) is 0 Å². The van der Waals surface area contributed by atoms with Crippen LogP contribution in [0.3, 0.4) is 0 Å². The van der Waals surface area contributed by atoms with Crippen molar-refractivity contribution in [3.63, 3.8) is 0 Å². The van der Waals surface area contributed by atoms with Crippen molar-refractivity contribution in [2.75, 3.05) is 19.8 Å². The summed E-state index contributed by atoms with van der Waals surface area (Å²) in [4.78, 5) is 24.1. The van der Waals surface area contributed by atoms with Crippen LogP contribution < -0.4 is 0 Å². The van der Waals surface area contributed by atoms with Crippen molar-refractivity contribution in [3.8, 4) is 0 Å². The van der Waals surface area contributed by atoms with Crippen LogP contribution in [-0.4, -0.2) is 42.8 Å². The SMILES string of the molecule is O=C(COC1Cc2ccccc2C1)N1CCOC1=O. The largest absolute Gasteiger partial charge is 0.447 e. The number of fused-ring (bicyclic) bond motifs is 1. The highest BCUT2D eigenvalue weighted by Crippen LogP contribution is 2.23. The van der Waals surface area contributed by atoms with Crippen molar-refractivity contribution >= 4 is 12.0 Å².